The van der Waals surface area contributed by atoms with Crippen molar-refractivity contribution >= 4 is 39.1 Å². The van der Waals surface area contributed by atoms with Crippen molar-refractivity contribution in [3.05, 3.63) is 59.1 Å². The lowest BCUT2D eigenvalue weighted by atomic mass is 10.1. The van der Waals surface area contributed by atoms with Crippen LogP contribution in [0.3, 0.4) is 0 Å². The van der Waals surface area contributed by atoms with E-state index >= 15 is 0 Å². The highest BCUT2D eigenvalue weighted by molar-refractivity contribution is 7.92. The van der Waals surface area contributed by atoms with Gasteiger partial charge in [-0.15, -0.1) is 0 Å². The highest BCUT2D eigenvalue weighted by Crippen LogP contribution is 2.23. The van der Waals surface area contributed by atoms with Gasteiger partial charge in [0.25, 0.3) is 0 Å². The van der Waals surface area contributed by atoms with Crippen LogP contribution in [0.25, 0.3) is 0 Å². The van der Waals surface area contributed by atoms with E-state index in [0.717, 1.165) is 11.8 Å². The molecule has 0 radical (unpaired) electrons. The van der Waals surface area contributed by atoms with E-state index in [4.69, 9.17) is 16.3 Å². The van der Waals surface area contributed by atoms with E-state index in [-0.39, 0.29) is 43.7 Å². The summed E-state index contributed by atoms with van der Waals surface area (Å²) < 4.78 is 31.3. The Kier molecular flexibility index (Phi) is 11.0. The smallest absolute Gasteiger partial charge is 0.242 e. The second kappa shape index (κ2) is 13.5. The number of nitrogens with zero attached hydrogens (tertiary/aromatic N) is 2. The number of hydrogen-bond donors (Lipinski definition) is 1. The van der Waals surface area contributed by atoms with Crippen LogP contribution >= 0.6 is 11.6 Å². The molecule has 0 unspecified atom stereocenters. The molecule has 8 nitrogen and oxygen atoms in total. The van der Waals surface area contributed by atoms with Crippen LogP contribution in [0.1, 0.15) is 39.2 Å². The Morgan fingerprint density at radius 3 is 2.25 bits per heavy atom. The van der Waals surface area contributed by atoms with Crippen LogP contribution in [0.4, 0.5) is 5.69 Å². The van der Waals surface area contributed by atoms with Gasteiger partial charge >= 0.3 is 0 Å². The fourth-order valence-electron chi connectivity index (χ4n) is 3.60. The molecule has 10 heteroatoms. The van der Waals surface area contributed by atoms with Crippen LogP contribution in [0.15, 0.2) is 48.5 Å². The fourth-order valence-corrected chi connectivity index (χ4v) is 4.76. The molecule has 0 aliphatic heterocycles. The molecule has 2 aromatic carbocycles. The molecular formula is C26H36ClN3O5S. The molecule has 2 aromatic rings. The molecule has 2 amide bonds. The summed E-state index contributed by atoms with van der Waals surface area (Å²) in [6.45, 7) is 6.46. The first-order valence-electron chi connectivity index (χ1n) is 11.9. The van der Waals surface area contributed by atoms with E-state index in [1.807, 2.05) is 26.0 Å². The van der Waals surface area contributed by atoms with Crippen molar-refractivity contribution in [1.29, 1.82) is 0 Å². The van der Waals surface area contributed by atoms with E-state index < -0.39 is 16.1 Å². The number of carbonyl (C=O) groups excluding carboxylic acids is 2. The van der Waals surface area contributed by atoms with E-state index in [1.165, 1.54) is 16.3 Å². The van der Waals surface area contributed by atoms with Crippen LogP contribution in [0.2, 0.25) is 5.02 Å². The molecule has 0 heterocycles. The lowest BCUT2D eigenvalue weighted by Gasteiger charge is -2.30. The first-order chi connectivity index (χ1) is 16.9. The highest BCUT2D eigenvalue weighted by Gasteiger charge is 2.27. The number of amides is 2. The van der Waals surface area contributed by atoms with Gasteiger partial charge in [-0.25, -0.2) is 8.42 Å². The predicted octanol–water partition coefficient (Wildman–Crippen LogP) is 4.08. The Morgan fingerprint density at radius 2 is 1.69 bits per heavy atom. The average Bonchev–Trinajstić information content (AvgIpc) is 2.83. The van der Waals surface area contributed by atoms with Gasteiger partial charge < -0.3 is 15.0 Å². The Labute approximate surface area is 219 Å². The Morgan fingerprint density at radius 1 is 1.06 bits per heavy atom. The molecule has 198 valence electrons. The summed E-state index contributed by atoms with van der Waals surface area (Å²) in [6.07, 6.45) is 1.47. The number of anilines is 1. The van der Waals surface area contributed by atoms with Gasteiger partial charge in [0.05, 0.1) is 19.1 Å². The quantitative estimate of drug-likeness (QED) is 0.415. The number of ether oxygens (including phenoxy) is 1. The summed E-state index contributed by atoms with van der Waals surface area (Å²) in [4.78, 5) is 27.6. The molecular weight excluding hydrogens is 502 g/mol. The lowest BCUT2D eigenvalue weighted by molar-refractivity contribution is -0.140. The second-order valence-corrected chi connectivity index (χ2v) is 11.4. The molecule has 0 saturated heterocycles. The standard InChI is InChI=1S/C26H36ClN3O5S/c1-19(2)17-28-26(32)20(3)29(18-21-9-6-7-10-24(21)27)25(31)11-8-16-30(36(5,33)34)22-12-14-23(35-4)15-13-22/h6-7,9-10,12-15,19-20H,8,11,16-18H2,1-5H3,(H,28,32)/t20-/m0/s1. The third kappa shape index (κ3) is 8.71. The Bertz CT molecular complexity index is 1120. The molecule has 0 saturated carbocycles. The number of halogens is 1. The molecule has 0 bridgehead atoms. The number of nitrogens with one attached hydrogen (secondary N) is 1. The zero-order chi connectivity index (χ0) is 26.9. The number of rotatable bonds is 13. The third-order valence-corrected chi connectivity index (χ3v) is 7.23. The number of sulfonamides is 1. The number of benzene rings is 2. The number of hydrogen-bond acceptors (Lipinski definition) is 5. The van der Waals surface area contributed by atoms with Crippen LogP contribution in [0.5, 0.6) is 5.75 Å². The van der Waals surface area contributed by atoms with E-state index in [2.05, 4.69) is 5.32 Å². The van der Waals surface area contributed by atoms with E-state index in [0.29, 0.717) is 23.0 Å². The maximum Gasteiger partial charge on any atom is 0.242 e. The number of methoxy groups -OCH3 is 1. The molecule has 0 aliphatic carbocycles. The Hall–Kier alpha value is -2.78. The normalized spacial score (nSPS) is 12.2. The van der Waals surface area contributed by atoms with Gasteiger partial charge in [0.1, 0.15) is 11.8 Å². The zero-order valence-corrected chi connectivity index (χ0v) is 23.1. The Balaban J connectivity index is 2.16. The van der Waals surface area contributed by atoms with Crippen LogP contribution < -0.4 is 14.4 Å². The molecule has 0 fully saturated rings. The van der Waals surface area contributed by atoms with Gasteiger partial charge in [0, 0.05) is 31.1 Å². The second-order valence-electron chi connectivity index (χ2n) is 9.06. The summed E-state index contributed by atoms with van der Waals surface area (Å²) in [7, 11) is -2.03. The summed E-state index contributed by atoms with van der Waals surface area (Å²) >= 11 is 6.32. The molecule has 0 aromatic heterocycles. The summed E-state index contributed by atoms with van der Waals surface area (Å²) in [6, 6.07) is 13.1. The van der Waals surface area contributed by atoms with Crippen molar-refractivity contribution < 1.29 is 22.7 Å². The fraction of sp³-hybridized carbons (Fsp3) is 0.462. The van der Waals surface area contributed by atoms with Gasteiger partial charge in [0.2, 0.25) is 21.8 Å². The van der Waals surface area contributed by atoms with Crippen LogP contribution in [-0.4, -0.2) is 57.6 Å². The largest absolute Gasteiger partial charge is 0.497 e. The van der Waals surface area contributed by atoms with Crippen molar-refractivity contribution in [3.63, 3.8) is 0 Å². The van der Waals surface area contributed by atoms with Crippen molar-refractivity contribution in [2.45, 2.75) is 46.2 Å². The van der Waals surface area contributed by atoms with Crippen molar-refractivity contribution in [1.82, 2.24) is 10.2 Å². The molecule has 1 atom stereocenters. The van der Waals surface area contributed by atoms with Gasteiger partial charge in [-0.05, 0) is 55.2 Å². The van der Waals surface area contributed by atoms with Gasteiger partial charge in [-0.2, -0.15) is 0 Å². The van der Waals surface area contributed by atoms with Crippen LogP contribution in [-0.2, 0) is 26.2 Å². The molecule has 0 spiro atoms. The maximum absolute atomic E-state index is 13.3. The average molecular weight is 538 g/mol. The van der Waals surface area contributed by atoms with Gasteiger partial charge in [-0.1, -0.05) is 43.6 Å². The topological polar surface area (TPSA) is 96.0 Å². The third-order valence-electron chi connectivity index (χ3n) is 5.66. The van der Waals surface area contributed by atoms with E-state index in [9.17, 15) is 18.0 Å². The van der Waals surface area contributed by atoms with Crippen LogP contribution in [0, 0.1) is 5.92 Å². The van der Waals surface area contributed by atoms with Crippen molar-refractivity contribution in [2.24, 2.45) is 5.92 Å². The van der Waals surface area contributed by atoms with Crippen molar-refractivity contribution in [3.8, 4) is 5.75 Å². The minimum absolute atomic E-state index is 0.0639. The van der Waals surface area contributed by atoms with Gasteiger partial charge in [0.15, 0.2) is 0 Å². The van der Waals surface area contributed by atoms with Crippen molar-refractivity contribution in [2.75, 3.05) is 30.8 Å². The summed E-state index contributed by atoms with van der Waals surface area (Å²) in [5.74, 6) is 0.376. The number of carbonyl (C=O) groups is 2. The molecule has 36 heavy (non-hydrogen) atoms. The van der Waals surface area contributed by atoms with Gasteiger partial charge in [-0.3, -0.25) is 13.9 Å². The summed E-state index contributed by atoms with van der Waals surface area (Å²) in [5, 5.41) is 3.39. The first kappa shape index (κ1) is 29.5. The predicted molar refractivity (Wildman–Crippen MR) is 144 cm³/mol. The monoisotopic (exact) mass is 537 g/mol. The first-order valence-corrected chi connectivity index (χ1v) is 14.1. The minimum atomic E-state index is -3.57. The van der Waals surface area contributed by atoms with E-state index in [1.54, 1.807) is 43.3 Å². The zero-order valence-electron chi connectivity index (χ0n) is 21.5. The molecule has 2 rings (SSSR count). The minimum Gasteiger partial charge on any atom is -0.497 e. The molecule has 0 aliphatic rings. The SMILES string of the molecule is COc1ccc(N(CCCC(=O)N(Cc2ccccc2Cl)[C@@H](C)C(=O)NCC(C)C)S(C)(=O)=O)cc1. The summed E-state index contributed by atoms with van der Waals surface area (Å²) in [5.41, 5.74) is 1.21. The highest BCUT2D eigenvalue weighted by atomic mass is 35.5. The molecule has 1 N–H and O–H groups in total. The maximum atomic E-state index is 13.3. The lowest BCUT2D eigenvalue weighted by Crippen LogP contribution is -2.48.